The van der Waals surface area contributed by atoms with Gasteiger partial charge in [0, 0.05) is 5.56 Å². The summed E-state index contributed by atoms with van der Waals surface area (Å²) in [6.45, 7) is 0. The van der Waals surface area contributed by atoms with E-state index in [9.17, 15) is 31.1 Å². The first-order valence-corrected chi connectivity index (χ1v) is 5.98. The summed E-state index contributed by atoms with van der Waals surface area (Å²) in [5.41, 5.74) is -0.742. The van der Waals surface area contributed by atoms with E-state index in [4.69, 9.17) is 0 Å². The average Bonchev–Trinajstić information content (AvgIpc) is 2.47. The van der Waals surface area contributed by atoms with Gasteiger partial charge in [-0.1, -0.05) is 0 Å². The number of amides is 1. The number of anilines is 1. The first-order chi connectivity index (χ1) is 10.7. The van der Waals surface area contributed by atoms with Crippen LogP contribution in [0.1, 0.15) is 10.4 Å². The minimum Gasteiger partial charge on any atom is -0.406 e. The number of halogens is 6. The summed E-state index contributed by atoms with van der Waals surface area (Å²) in [5.74, 6) is -6.23. The lowest BCUT2D eigenvalue weighted by atomic mass is 10.2. The van der Waals surface area contributed by atoms with Crippen molar-refractivity contribution in [2.75, 3.05) is 5.32 Å². The lowest BCUT2D eigenvalue weighted by molar-refractivity contribution is -0.274. The summed E-state index contributed by atoms with van der Waals surface area (Å²) < 4.78 is 78.8. The van der Waals surface area contributed by atoms with Crippen LogP contribution in [0, 0.1) is 17.5 Å². The Hall–Kier alpha value is -2.71. The molecule has 2 aromatic rings. The van der Waals surface area contributed by atoms with Gasteiger partial charge in [0.05, 0.1) is 5.69 Å². The second-order valence-corrected chi connectivity index (χ2v) is 4.25. The van der Waals surface area contributed by atoms with Crippen molar-refractivity contribution in [3.8, 4) is 5.75 Å². The topological polar surface area (TPSA) is 38.3 Å². The highest BCUT2D eigenvalue weighted by Crippen LogP contribution is 2.24. The Labute approximate surface area is 125 Å². The molecule has 1 N–H and O–H groups in total. The average molecular weight is 335 g/mol. The van der Waals surface area contributed by atoms with Crippen LogP contribution in [0.5, 0.6) is 5.75 Å². The van der Waals surface area contributed by atoms with Gasteiger partial charge in [-0.3, -0.25) is 4.79 Å². The molecule has 0 radical (unpaired) electrons. The van der Waals surface area contributed by atoms with Gasteiger partial charge in [0.2, 0.25) is 0 Å². The number of benzene rings is 2. The molecule has 0 aliphatic rings. The van der Waals surface area contributed by atoms with E-state index in [0.29, 0.717) is 6.07 Å². The molecule has 2 rings (SSSR count). The van der Waals surface area contributed by atoms with Gasteiger partial charge in [0.25, 0.3) is 5.91 Å². The van der Waals surface area contributed by atoms with Gasteiger partial charge in [-0.15, -0.1) is 13.2 Å². The van der Waals surface area contributed by atoms with E-state index in [1.165, 1.54) is 0 Å². The number of rotatable bonds is 3. The molecule has 3 nitrogen and oxygen atoms in total. The molecule has 0 atom stereocenters. The van der Waals surface area contributed by atoms with Crippen molar-refractivity contribution in [2.24, 2.45) is 0 Å². The van der Waals surface area contributed by atoms with Crippen LogP contribution in [0.4, 0.5) is 32.0 Å². The normalized spacial score (nSPS) is 11.2. The molecule has 0 bridgehead atoms. The lowest BCUT2D eigenvalue weighted by Gasteiger charge is -2.10. The maximum absolute atomic E-state index is 13.4. The van der Waals surface area contributed by atoms with Crippen molar-refractivity contribution < 1.29 is 35.9 Å². The number of hydrogen-bond donors (Lipinski definition) is 1. The molecule has 0 spiro atoms. The Morgan fingerprint density at radius 2 is 1.52 bits per heavy atom. The highest BCUT2D eigenvalue weighted by Gasteiger charge is 2.31. The Kier molecular flexibility index (Phi) is 4.48. The van der Waals surface area contributed by atoms with Crippen LogP contribution in [-0.2, 0) is 0 Å². The van der Waals surface area contributed by atoms with Crippen molar-refractivity contribution in [1.29, 1.82) is 0 Å². The summed E-state index contributed by atoms with van der Waals surface area (Å²) in [6.07, 6.45) is -4.88. The maximum Gasteiger partial charge on any atom is 0.573 e. The Balaban J connectivity index is 2.14. The molecule has 122 valence electrons. The molecular weight excluding hydrogens is 328 g/mol. The third-order valence-corrected chi connectivity index (χ3v) is 2.63. The summed E-state index contributed by atoms with van der Waals surface area (Å²) >= 11 is 0. The molecule has 0 unspecified atom stereocenters. The zero-order valence-electron chi connectivity index (χ0n) is 11.0. The quantitative estimate of drug-likeness (QED) is 0.672. The highest BCUT2D eigenvalue weighted by atomic mass is 19.4. The molecule has 0 aromatic heterocycles. The van der Waals surface area contributed by atoms with Crippen molar-refractivity contribution >= 4 is 11.6 Å². The molecule has 9 heteroatoms. The third kappa shape index (κ3) is 4.15. The van der Waals surface area contributed by atoms with Crippen LogP contribution in [0.2, 0.25) is 0 Å². The van der Waals surface area contributed by atoms with Crippen molar-refractivity contribution in [3.63, 3.8) is 0 Å². The van der Waals surface area contributed by atoms with Gasteiger partial charge in [-0.2, -0.15) is 0 Å². The second-order valence-electron chi connectivity index (χ2n) is 4.25. The van der Waals surface area contributed by atoms with Gasteiger partial charge in [-0.05, 0) is 36.4 Å². The minimum atomic E-state index is -4.88. The SMILES string of the molecule is O=C(Nc1ccc(F)c(F)c1F)c1ccc(OC(F)(F)F)cc1. The van der Waals surface area contributed by atoms with E-state index in [1.807, 2.05) is 5.32 Å². The number of nitrogens with one attached hydrogen (secondary N) is 1. The largest absolute Gasteiger partial charge is 0.573 e. The maximum atomic E-state index is 13.4. The number of carbonyl (C=O) groups is 1. The zero-order chi connectivity index (χ0) is 17.2. The number of carbonyl (C=O) groups excluding carboxylic acids is 1. The van der Waals surface area contributed by atoms with Crippen molar-refractivity contribution in [3.05, 3.63) is 59.4 Å². The molecule has 1 amide bonds. The fourth-order valence-electron chi connectivity index (χ4n) is 1.62. The van der Waals surface area contributed by atoms with E-state index in [2.05, 4.69) is 4.74 Å². The van der Waals surface area contributed by atoms with Gasteiger partial charge in [0.15, 0.2) is 17.5 Å². The number of hydrogen-bond acceptors (Lipinski definition) is 2. The second kappa shape index (κ2) is 6.19. The Bertz CT molecular complexity index is 727. The lowest BCUT2D eigenvalue weighted by Crippen LogP contribution is -2.17. The predicted molar refractivity (Wildman–Crippen MR) is 67.4 cm³/mol. The molecule has 0 heterocycles. The van der Waals surface area contributed by atoms with Crippen LogP contribution >= 0.6 is 0 Å². The van der Waals surface area contributed by atoms with E-state index in [0.717, 1.165) is 30.3 Å². The van der Waals surface area contributed by atoms with E-state index in [1.54, 1.807) is 0 Å². The van der Waals surface area contributed by atoms with Gasteiger partial charge in [0.1, 0.15) is 5.75 Å². The first-order valence-electron chi connectivity index (χ1n) is 5.98. The molecule has 2 aromatic carbocycles. The Morgan fingerprint density at radius 1 is 0.913 bits per heavy atom. The van der Waals surface area contributed by atoms with Crippen LogP contribution < -0.4 is 10.1 Å². The monoisotopic (exact) mass is 335 g/mol. The molecule has 0 fully saturated rings. The molecule has 0 aliphatic carbocycles. The molecule has 0 saturated heterocycles. The number of alkyl halides is 3. The van der Waals surface area contributed by atoms with E-state index >= 15 is 0 Å². The smallest absolute Gasteiger partial charge is 0.406 e. The third-order valence-electron chi connectivity index (χ3n) is 2.63. The molecule has 0 saturated carbocycles. The Morgan fingerprint density at radius 3 is 2.09 bits per heavy atom. The fourth-order valence-corrected chi connectivity index (χ4v) is 1.62. The summed E-state index contributed by atoms with van der Waals surface area (Å²) in [5, 5.41) is 1.98. The van der Waals surface area contributed by atoms with Crippen LogP contribution in [0.25, 0.3) is 0 Å². The zero-order valence-corrected chi connectivity index (χ0v) is 11.0. The summed E-state index contributed by atoms with van der Waals surface area (Å²) in [4.78, 5) is 11.8. The van der Waals surface area contributed by atoms with Crippen LogP contribution in [0.15, 0.2) is 36.4 Å². The van der Waals surface area contributed by atoms with Gasteiger partial charge < -0.3 is 10.1 Å². The summed E-state index contributed by atoms with van der Waals surface area (Å²) in [6, 6.07) is 5.18. The van der Waals surface area contributed by atoms with Crippen LogP contribution in [0.3, 0.4) is 0 Å². The molecule has 23 heavy (non-hydrogen) atoms. The van der Waals surface area contributed by atoms with Gasteiger partial charge >= 0.3 is 6.36 Å². The minimum absolute atomic E-state index is 0.136. The van der Waals surface area contributed by atoms with Crippen molar-refractivity contribution in [1.82, 2.24) is 0 Å². The van der Waals surface area contributed by atoms with Crippen molar-refractivity contribution in [2.45, 2.75) is 6.36 Å². The standard InChI is InChI=1S/C14H7F6NO2/c15-9-5-6-10(12(17)11(9)16)21-13(22)7-1-3-8(4-2-7)23-14(18,19)20/h1-6H,(H,21,22). The summed E-state index contributed by atoms with van der Waals surface area (Å²) in [7, 11) is 0. The highest BCUT2D eigenvalue weighted by molar-refractivity contribution is 6.04. The fraction of sp³-hybridized carbons (Fsp3) is 0.0714. The predicted octanol–water partition coefficient (Wildman–Crippen LogP) is 4.25. The molecule has 0 aliphatic heterocycles. The first kappa shape index (κ1) is 16.7. The van der Waals surface area contributed by atoms with E-state index < -0.39 is 41.2 Å². The van der Waals surface area contributed by atoms with Crippen LogP contribution in [-0.4, -0.2) is 12.3 Å². The van der Waals surface area contributed by atoms with Gasteiger partial charge in [-0.25, -0.2) is 13.2 Å². The molecular formula is C14H7F6NO2. The van der Waals surface area contributed by atoms with E-state index in [-0.39, 0.29) is 5.56 Å². The number of ether oxygens (including phenoxy) is 1.